The number of benzene rings is 1. The van der Waals surface area contributed by atoms with Crippen molar-refractivity contribution < 1.29 is 0 Å². The van der Waals surface area contributed by atoms with Crippen molar-refractivity contribution >= 4 is 12.2 Å². The Balaban J connectivity index is 0.000000606. The summed E-state index contributed by atoms with van der Waals surface area (Å²) in [6.07, 6.45) is 0. The van der Waals surface area contributed by atoms with E-state index in [9.17, 15) is 4.79 Å². The zero-order chi connectivity index (χ0) is 12.0. The van der Waals surface area contributed by atoms with Crippen molar-refractivity contribution in [1.82, 2.24) is 15.0 Å². The largest absolute Gasteiger partial charge is 0.326 e. The molecule has 2 aromatic rings. The third kappa shape index (κ3) is 3.13. The molecule has 1 aromatic heterocycles. The minimum absolute atomic E-state index is 0.188. The van der Waals surface area contributed by atoms with Gasteiger partial charge in [0.1, 0.15) is 5.82 Å². The summed E-state index contributed by atoms with van der Waals surface area (Å²) in [7, 11) is 0. The Morgan fingerprint density at radius 2 is 1.75 bits per heavy atom. The number of hydrogen-bond acceptors (Lipinski definition) is 3. The van der Waals surface area contributed by atoms with Crippen LogP contribution in [0, 0.1) is 4.77 Å². The summed E-state index contributed by atoms with van der Waals surface area (Å²) >= 11 is 4.80. The van der Waals surface area contributed by atoms with Gasteiger partial charge in [0.25, 0.3) is 0 Å². The first kappa shape index (κ1) is 12.3. The summed E-state index contributed by atoms with van der Waals surface area (Å²) in [4.78, 5) is 20.0. The monoisotopic (exact) mass is 235 g/mol. The van der Waals surface area contributed by atoms with Gasteiger partial charge in [-0.3, -0.25) is 9.97 Å². The first-order valence-electron chi connectivity index (χ1n) is 5.02. The lowest BCUT2D eigenvalue weighted by Gasteiger charge is -1.98. The Labute approximate surface area is 98.4 Å². The van der Waals surface area contributed by atoms with E-state index in [1.807, 2.05) is 44.2 Å². The number of rotatable bonds is 1. The second-order valence-electron chi connectivity index (χ2n) is 2.71. The van der Waals surface area contributed by atoms with Gasteiger partial charge in [-0.2, -0.15) is 0 Å². The molecule has 4 nitrogen and oxygen atoms in total. The number of aromatic nitrogens is 3. The fourth-order valence-corrected chi connectivity index (χ4v) is 1.31. The molecule has 0 aliphatic carbocycles. The summed E-state index contributed by atoms with van der Waals surface area (Å²) in [6.45, 7) is 4.00. The molecule has 0 saturated heterocycles. The highest BCUT2D eigenvalue weighted by molar-refractivity contribution is 7.71. The number of nitrogens with one attached hydrogen (secondary N) is 2. The lowest BCUT2D eigenvalue weighted by atomic mass is 10.2. The molecule has 0 fully saturated rings. The molecular weight excluding hydrogens is 222 g/mol. The number of hydrogen-bond donors (Lipinski definition) is 2. The van der Waals surface area contributed by atoms with Crippen LogP contribution in [0.3, 0.4) is 0 Å². The van der Waals surface area contributed by atoms with Crippen LogP contribution in [-0.2, 0) is 0 Å². The predicted octanol–water partition coefficient (Wildman–Crippen LogP) is 2.52. The zero-order valence-corrected chi connectivity index (χ0v) is 9.97. The lowest BCUT2D eigenvalue weighted by molar-refractivity contribution is 0.976. The van der Waals surface area contributed by atoms with Crippen molar-refractivity contribution in [3.8, 4) is 11.4 Å². The Bertz CT molecular complexity index is 517. The van der Waals surface area contributed by atoms with Crippen molar-refractivity contribution in [2.75, 3.05) is 0 Å². The summed E-state index contributed by atoms with van der Waals surface area (Å²) in [5.74, 6) is 0.486. The van der Waals surface area contributed by atoms with Gasteiger partial charge in [-0.1, -0.05) is 44.2 Å². The molecule has 0 aliphatic heterocycles. The van der Waals surface area contributed by atoms with Crippen LogP contribution in [-0.4, -0.2) is 15.0 Å². The van der Waals surface area contributed by atoms with E-state index in [0.29, 0.717) is 5.82 Å². The van der Waals surface area contributed by atoms with Crippen LogP contribution in [0.5, 0.6) is 0 Å². The molecule has 2 rings (SSSR count). The zero-order valence-electron chi connectivity index (χ0n) is 9.15. The fourth-order valence-electron chi connectivity index (χ4n) is 1.13. The number of aromatic amines is 2. The average Bonchev–Trinajstić information content (AvgIpc) is 2.32. The Hall–Kier alpha value is -1.75. The van der Waals surface area contributed by atoms with Crippen molar-refractivity contribution in [1.29, 1.82) is 0 Å². The van der Waals surface area contributed by atoms with Crippen molar-refractivity contribution in [3.05, 3.63) is 45.6 Å². The second-order valence-corrected chi connectivity index (χ2v) is 3.10. The number of nitrogens with zero attached hydrogens (tertiary/aromatic N) is 1. The Morgan fingerprint density at radius 1 is 1.12 bits per heavy atom. The third-order valence-corrected chi connectivity index (χ3v) is 1.91. The first-order valence-corrected chi connectivity index (χ1v) is 5.42. The smallest absolute Gasteiger partial charge is 0.291 e. The van der Waals surface area contributed by atoms with Gasteiger partial charge in [-0.15, -0.1) is 0 Å². The van der Waals surface area contributed by atoms with E-state index in [0.717, 1.165) is 5.56 Å². The maximum Gasteiger partial charge on any atom is 0.326 e. The summed E-state index contributed by atoms with van der Waals surface area (Å²) < 4.78 is 0.188. The Morgan fingerprint density at radius 3 is 2.31 bits per heavy atom. The van der Waals surface area contributed by atoms with E-state index < -0.39 is 0 Å². The van der Waals surface area contributed by atoms with Gasteiger partial charge in [0.2, 0.25) is 4.77 Å². The highest BCUT2D eigenvalue weighted by Gasteiger charge is 1.98. The highest BCUT2D eigenvalue weighted by atomic mass is 32.1. The van der Waals surface area contributed by atoms with Crippen LogP contribution in [0.4, 0.5) is 0 Å². The van der Waals surface area contributed by atoms with Crippen LogP contribution >= 0.6 is 12.2 Å². The van der Waals surface area contributed by atoms with E-state index >= 15 is 0 Å². The van der Waals surface area contributed by atoms with E-state index in [2.05, 4.69) is 15.0 Å². The topological polar surface area (TPSA) is 61.5 Å². The van der Waals surface area contributed by atoms with E-state index in [1.54, 1.807) is 0 Å². The quantitative estimate of drug-likeness (QED) is 0.747. The second kappa shape index (κ2) is 5.97. The molecule has 0 radical (unpaired) electrons. The molecule has 1 aromatic carbocycles. The van der Waals surface area contributed by atoms with Crippen molar-refractivity contribution in [2.24, 2.45) is 0 Å². The summed E-state index contributed by atoms with van der Waals surface area (Å²) in [5, 5.41) is 0. The molecule has 0 bridgehead atoms. The van der Waals surface area contributed by atoms with Crippen LogP contribution < -0.4 is 5.69 Å². The maximum atomic E-state index is 11.1. The van der Waals surface area contributed by atoms with Gasteiger partial charge >= 0.3 is 5.69 Å². The van der Waals surface area contributed by atoms with Gasteiger partial charge in [0.15, 0.2) is 0 Å². The highest BCUT2D eigenvalue weighted by Crippen LogP contribution is 2.10. The van der Waals surface area contributed by atoms with Gasteiger partial charge in [0, 0.05) is 5.56 Å². The number of H-pyrrole nitrogens is 2. The van der Waals surface area contributed by atoms with Gasteiger partial charge in [0.05, 0.1) is 0 Å². The van der Waals surface area contributed by atoms with Crippen molar-refractivity contribution in [2.45, 2.75) is 13.8 Å². The molecule has 1 heterocycles. The lowest BCUT2D eigenvalue weighted by Crippen LogP contribution is -2.12. The van der Waals surface area contributed by atoms with Crippen LogP contribution in [0.2, 0.25) is 0 Å². The van der Waals surface area contributed by atoms with E-state index in [1.165, 1.54) is 0 Å². The van der Waals surface area contributed by atoms with E-state index in [4.69, 9.17) is 12.2 Å². The predicted molar refractivity (Wildman–Crippen MR) is 66.8 cm³/mol. The molecule has 0 saturated carbocycles. The fraction of sp³-hybridized carbons (Fsp3) is 0.182. The molecule has 0 aliphatic rings. The van der Waals surface area contributed by atoms with Crippen LogP contribution in [0.15, 0.2) is 35.1 Å². The van der Waals surface area contributed by atoms with Gasteiger partial charge in [-0.05, 0) is 12.2 Å². The maximum absolute atomic E-state index is 11.1. The molecule has 0 spiro atoms. The minimum Gasteiger partial charge on any atom is -0.291 e. The molecular formula is C11H13N3OS. The standard InChI is InChI=1S/C9H7N3OS.C2H6/c13-8-10-7(11-9(14)12-8)6-4-2-1-3-5-6;1-2/h1-5H,(H2,10,11,12,13,14);1-2H3. The SMILES string of the molecule is CC.O=c1[nH]c(-c2ccccc2)nc(=S)[nH]1. The minimum atomic E-state index is -0.344. The van der Waals surface area contributed by atoms with E-state index in [-0.39, 0.29) is 10.5 Å². The molecule has 16 heavy (non-hydrogen) atoms. The molecule has 2 N–H and O–H groups in total. The van der Waals surface area contributed by atoms with Crippen LogP contribution in [0.1, 0.15) is 13.8 Å². The normalized spacial score (nSPS) is 9.12. The van der Waals surface area contributed by atoms with Crippen molar-refractivity contribution in [3.63, 3.8) is 0 Å². The molecule has 84 valence electrons. The molecule has 0 amide bonds. The Kier molecular flexibility index (Phi) is 4.60. The van der Waals surface area contributed by atoms with Gasteiger partial charge < -0.3 is 0 Å². The third-order valence-electron chi connectivity index (χ3n) is 1.71. The molecule has 0 unspecified atom stereocenters. The summed E-state index contributed by atoms with van der Waals surface area (Å²) in [5.41, 5.74) is 0.494. The molecule has 0 atom stereocenters. The molecule has 5 heteroatoms. The van der Waals surface area contributed by atoms with Crippen LogP contribution in [0.25, 0.3) is 11.4 Å². The average molecular weight is 235 g/mol. The van der Waals surface area contributed by atoms with Gasteiger partial charge in [-0.25, -0.2) is 9.78 Å². The summed E-state index contributed by atoms with van der Waals surface area (Å²) in [6, 6.07) is 9.34. The first-order chi connectivity index (χ1) is 7.75.